The topological polar surface area (TPSA) is 249 Å². The van der Waals surface area contributed by atoms with Crippen molar-refractivity contribution >= 4 is 57.3 Å². The molecule has 0 spiro atoms. The van der Waals surface area contributed by atoms with E-state index in [4.69, 9.17) is 37.9 Å². The zero-order valence-corrected chi connectivity index (χ0v) is 42.2. The Morgan fingerprint density at radius 3 is 2.28 bits per heavy atom. The largest absolute Gasteiger partial charge is 0.497 e. The third-order valence-corrected chi connectivity index (χ3v) is 14.4. The lowest BCUT2D eigenvalue weighted by Crippen LogP contribution is -2.70. The second kappa shape index (κ2) is 22.4. The summed E-state index contributed by atoms with van der Waals surface area (Å²) in [4.78, 5) is 83.2. The summed E-state index contributed by atoms with van der Waals surface area (Å²) in [5, 5.41) is 40.1. The van der Waals surface area contributed by atoms with E-state index in [0.717, 1.165) is 0 Å². The molecule has 1 amide bonds. The summed E-state index contributed by atoms with van der Waals surface area (Å²) in [6.45, 7) is 14.8. The van der Waals surface area contributed by atoms with Crippen molar-refractivity contribution in [1.82, 2.24) is 5.32 Å². The molecule has 0 aromatic heterocycles. The van der Waals surface area contributed by atoms with E-state index in [2.05, 4.69) is 5.32 Å². The van der Waals surface area contributed by atoms with Crippen LogP contribution in [0.5, 0.6) is 11.5 Å². The molecule has 67 heavy (non-hydrogen) atoms. The van der Waals surface area contributed by atoms with Crippen LogP contribution in [-0.2, 0) is 47.6 Å². The molecule has 2 fully saturated rings. The minimum atomic E-state index is -2.39. The van der Waals surface area contributed by atoms with Gasteiger partial charge in [-0.05, 0) is 84.1 Å². The van der Waals surface area contributed by atoms with Gasteiger partial charge in [-0.3, -0.25) is 14.4 Å². The molecule has 1 saturated heterocycles. The SMILES string of the molecule is COc1ccc(OC)c(C(=O)O[C@H]2[C@@H]3CO[C@@H](COC(C)=O)C[C@H](O)[C@@]3(C)C(=O)[C@H](OC(=O)CCSSC)C3=C(C)[C@@H](OC(=O)[C@H](O)[C@H](C=C(C)C)NC(=O)OC(C)(C)C)C[C@]2(O)C3(C)C)c1. The molecule has 0 unspecified atom stereocenters. The summed E-state index contributed by atoms with van der Waals surface area (Å²) in [5.74, 6) is -5.36. The normalized spacial score (nSPS) is 27.9. The van der Waals surface area contributed by atoms with Crippen LogP contribution in [0.25, 0.3) is 0 Å². The van der Waals surface area contributed by atoms with E-state index in [0.29, 0.717) is 11.3 Å². The van der Waals surface area contributed by atoms with E-state index in [9.17, 15) is 39.3 Å². The Hall–Kier alpha value is -4.34. The lowest BCUT2D eigenvalue weighted by atomic mass is 9.50. The first kappa shape index (κ1) is 55.3. The number of nitrogens with one attached hydrogen (secondary N) is 1. The van der Waals surface area contributed by atoms with Gasteiger partial charge in [-0.1, -0.05) is 47.1 Å². The number of amides is 1. The molecule has 4 rings (SSSR count). The average Bonchev–Trinajstić information content (AvgIpc) is 3.36. The third kappa shape index (κ3) is 12.5. The van der Waals surface area contributed by atoms with Crippen LogP contribution in [0, 0.1) is 16.7 Å². The van der Waals surface area contributed by atoms with Gasteiger partial charge in [0.25, 0.3) is 0 Å². The lowest BCUT2D eigenvalue weighted by molar-refractivity contribution is -0.221. The molecule has 1 aromatic carbocycles. The molecule has 0 radical (unpaired) electrons. The molecule has 2 aliphatic carbocycles. The van der Waals surface area contributed by atoms with Crippen molar-refractivity contribution in [2.45, 2.75) is 142 Å². The lowest BCUT2D eigenvalue weighted by Gasteiger charge is -2.59. The summed E-state index contributed by atoms with van der Waals surface area (Å²) >= 11 is 0. The fourth-order valence-electron chi connectivity index (χ4n) is 8.98. The van der Waals surface area contributed by atoms with Crippen molar-refractivity contribution in [2.75, 3.05) is 39.4 Å². The Labute approximate surface area is 399 Å². The summed E-state index contributed by atoms with van der Waals surface area (Å²) in [7, 11) is 5.53. The van der Waals surface area contributed by atoms with Gasteiger partial charge in [0, 0.05) is 36.9 Å². The third-order valence-electron chi connectivity index (χ3n) is 12.6. The highest BCUT2D eigenvalue weighted by Gasteiger charge is 2.69. The molecule has 1 heterocycles. The standard InChI is InChI=1S/C47H67NO17S2/c1-24(2)18-31(48-43(56)65-44(5,6)7)37(52)42(55)62-33-21-47(57)40(64-41(54)29-19-27(58-11)14-15-32(29)59-12)30-23-61-28(22-60-26(4)49)20-34(50)46(30,10)39(53)38(36(25(33)3)45(47,8)9)63-35(51)16-17-67-66-13/h14-15,18-19,28,30-31,33-34,37-38,40,50,52,57H,16-17,20-23H2,1-13H3,(H,48,56)/t28-,30+,31+,33+,34+,37-,38-,40+,46+,47-/m1/s1. The Bertz CT molecular complexity index is 2080. The monoisotopic (exact) mass is 981 g/mol. The number of carbonyl (C=O) groups is 6. The number of fused-ring (bicyclic) bond motifs is 3. The molecule has 10 atom stereocenters. The van der Waals surface area contributed by atoms with E-state index in [1.54, 1.807) is 54.5 Å². The van der Waals surface area contributed by atoms with Crippen LogP contribution in [0.3, 0.4) is 0 Å². The number of rotatable bonds is 16. The minimum absolute atomic E-state index is 0.00866. The highest BCUT2D eigenvalue weighted by Crippen LogP contribution is 2.59. The van der Waals surface area contributed by atoms with E-state index in [1.165, 1.54) is 74.8 Å². The van der Waals surface area contributed by atoms with E-state index in [-0.39, 0.29) is 47.7 Å². The van der Waals surface area contributed by atoms with Gasteiger partial charge < -0.3 is 58.5 Å². The molecule has 20 heteroatoms. The molecule has 374 valence electrons. The maximum atomic E-state index is 15.7. The van der Waals surface area contributed by atoms with E-state index >= 15 is 4.79 Å². The molecule has 4 N–H and O–H groups in total. The number of Topliss-reactive ketones (excluding diaryl/α,β-unsaturated/α-hetero) is 1. The van der Waals surface area contributed by atoms with Crippen LogP contribution in [0.1, 0.15) is 98.9 Å². The number of methoxy groups -OCH3 is 2. The maximum Gasteiger partial charge on any atom is 0.408 e. The number of benzene rings is 1. The minimum Gasteiger partial charge on any atom is -0.497 e. The number of ketones is 1. The molecule has 3 aliphatic rings. The first-order chi connectivity index (χ1) is 31.2. The second-order valence-corrected chi connectivity index (χ2v) is 21.6. The number of carbonyl (C=O) groups excluding carboxylic acids is 6. The van der Waals surface area contributed by atoms with Gasteiger partial charge in [0.15, 0.2) is 18.0 Å². The fraction of sp³-hybridized carbons (Fsp3) is 0.660. The Kier molecular flexibility index (Phi) is 18.5. The quantitative estimate of drug-likeness (QED) is 0.0555. The number of allylic oxidation sites excluding steroid dienone is 1. The number of ether oxygens (including phenoxy) is 8. The number of hydrogen-bond acceptors (Lipinski definition) is 19. The summed E-state index contributed by atoms with van der Waals surface area (Å²) in [5.41, 5.74) is -6.40. The van der Waals surface area contributed by atoms with Gasteiger partial charge in [-0.2, -0.15) is 0 Å². The molecule has 1 saturated carbocycles. The van der Waals surface area contributed by atoms with Crippen LogP contribution in [0.4, 0.5) is 4.79 Å². The Morgan fingerprint density at radius 2 is 1.70 bits per heavy atom. The van der Waals surface area contributed by atoms with Gasteiger partial charge in [0.05, 0.1) is 50.9 Å². The van der Waals surface area contributed by atoms with Crippen LogP contribution < -0.4 is 14.8 Å². The predicted octanol–water partition coefficient (Wildman–Crippen LogP) is 5.07. The highest BCUT2D eigenvalue weighted by molar-refractivity contribution is 8.76. The summed E-state index contributed by atoms with van der Waals surface area (Å²) in [6.07, 6.45) is -8.44. The summed E-state index contributed by atoms with van der Waals surface area (Å²) in [6, 6.07) is 3.02. The molecule has 2 bridgehead atoms. The first-order valence-corrected chi connectivity index (χ1v) is 24.6. The van der Waals surface area contributed by atoms with Crippen molar-refractivity contribution < 1.29 is 82.0 Å². The number of alkyl carbamates (subject to hydrolysis) is 1. The van der Waals surface area contributed by atoms with Crippen molar-refractivity contribution in [1.29, 1.82) is 0 Å². The van der Waals surface area contributed by atoms with Gasteiger partial charge in [-0.25, -0.2) is 14.4 Å². The van der Waals surface area contributed by atoms with Crippen LogP contribution >= 0.6 is 21.6 Å². The number of aliphatic hydroxyl groups excluding tert-OH is 2. The number of esters is 4. The van der Waals surface area contributed by atoms with Gasteiger partial charge in [-0.15, -0.1) is 0 Å². The van der Waals surface area contributed by atoms with Crippen molar-refractivity contribution in [3.8, 4) is 11.5 Å². The first-order valence-electron chi connectivity index (χ1n) is 21.9. The molecular formula is C47H67NO17S2. The maximum absolute atomic E-state index is 15.7. The van der Waals surface area contributed by atoms with E-state index in [1.807, 2.05) is 6.26 Å². The fourth-order valence-corrected chi connectivity index (χ4v) is 10.2. The number of hydrogen-bond donors (Lipinski definition) is 4. The zero-order chi connectivity index (χ0) is 50.4. The second-order valence-electron chi connectivity index (χ2n) is 18.9. The predicted molar refractivity (Wildman–Crippen MR) is 247 cm³/mol. The van der Waals surface area contributed by atoms with Crippen molar-refractivity contribution in [3.63, 3.8) is 0 Å². The Balaban J connectivity index is 2.00. The highest BCUT2D eigenvalue weighted by atomic mass is 33.1. The number of aliphatic hydroxyl groups is 3. The average molecular weight is 982 g/mol. The summed E-state index contributed by atoms with van der Waals surface area (Å²) < 4.78 is 46.4. The van der Waals surface area contributed by atoms with Crippen LogP contribution in [0.15, 0.2) is 41.0 Å². The Morgan fingerprint density at radius 1 is 1.03 bits per heavy atom. The van der Waals surface area contributed by atoms with Crippen LogP contribution in [0.2, 0.25) is 0 Å². The van der Waals surface area contributed by atoms with Gasteiger partial charge >= 0.3 is 30.0 Å². The zero-order valence-electron chi connectivity index (χ0n) is 40.5. The molecule has 1 aliphatic heterocycles. The van der Waals surface area contributed by atoms with Gasteiger partial charge in [0.2, 0.25) is 0 Å². The van der Waals surface area contributed by atoms with Crippen LogP contribution in [-0.4, -0.2) is 144 Å². The van der Waals surface area contributed by atoms with Gasteiger partial charge in [0.1, 0.15) is 47.1 Å². The molecule has 1 aromatic rings. The van der Waals surface area contributed by atoms with Crippen molar-refractivity contribution in [3.05, 3.63) is 46.6 Å². The van der Waals surface area contributed by atoms with E-state index < -0.39 is 119 Å². The smallest absolute Gasteiger partial charge is 0.408 e. The molecular weight excluding hydrogens is 915 g/mol. The van der Waals surface area contributed by atoms with Crippen molar-refractivity contribution in [2.24, 2.45) is 16.7 Å². The molecule has 18 nitrogen and oxygen atoms in total.